The average Bonchev–Trinajstić information content (AvgIpc) is 1.98. The predicted molar refractivity (Wildman–Crippen MR) is 48.4 cm³/mol. The summed E-state index contributed by atoms with van der Waals surface area (Å²) in [6.45, 7) is 6.10. The lowest BCUT2D eigenvalue weighted by atomic mass is 10.1. The number of hydrogen-bond acceptors (Lipinski definition) is 1. The van der Waals surface area contributed by atoms with Gasteiger partial charge in [-0.2, -0.15) is 0 Å². The number of nitrogens with zero attached hydrogens (tertiary/aromatic N) is 1. The summed E-state index contributed by atoms with van der Waals surface area (Å²) in [6.07, 6.45) is 6.05. The zero-order chi connectivity index (χ0) is 8.27. The lowest BCUT2D eigenvalue weighted by Gasteiger charge is -1.99. The van der Waals surface area contributed by atoms with E-state index in [1.807, 2.05) is 26.1 Å². The molecule has 1 aromatic rings. The fraction of sp³-hybridized carbons (Fsp3) is 0.300. The van der Waals surface area contributed by atoms with E-state index in [1.54, 1.807) is 0 Å². The van der Waals surface area contributed by atoms with Crippen LogP contribution in [0.25, 0.3) is 6.08 Å². The van der Waals surface area contributed by atoms with Crippen LogP contribution in [0.1, 0.15) is 23.7 Å². The van der Waals surface area contributed by atoms with Gasteiger partial charge in [0.2, 0.25) is 0 Å². The summed E-state index contributed by atoms with van der Waals surface area (Å²) in [4.78, 5) is 4.19. The summed E-state index contributed by atoms with van der Waals surface area (Å²) in [6, 6.07) is 2.09. The first kappa shape index (κ1) is 7.99. The van der Waals surface area contributed by atoms with Gasteiger partial charge >= 0.3 is 0 Å². The normalized spacial score (nSPS) is 10.8. The Morgan fingerprint density at radius 1 is 1.36 bits per heavy atom. The predicted octanol–water partition coefficient (Wildman–Crippen LogP) is 2.73. The fourth-order valence-electron chi connectivity index (χ4n) is 1.01. The van der Waals surface area contributed by atoms with Gasteiger partial charge in [-0.1, -0.05) is 12.2 Å². The van der Waals surface area contributed by atoms with Gasteiger partial charge in [0, 0.05) is 11.9 Å². The molecule has 58 valence electrons. The lowest BCUT2D eigenvalue weighted by molar-refractivity contribution is 1.16. The SMILES string of the molecule is C/C=C\c1cc(C)ncc1C. The molecule has 0 aliphatic rings. The Balaban J connectivity index is 3.12. The molecule has 1 rings (SSSR count). The summed E-state index contributed by atoms with van der Waals surface area (Å²) in [7, 11) is 0. The Morgan fingerprint density at radius 2 is 2.09 bits per heavy atom. The monoisotopic (exact) mass is 147 g/mol. The summed E-state index contributed by atoms with van der Waals surface area (Å²) < 4.78 is 0. The Morgan fingerprint density at radius 3 is 2.73 bits per heavy atom. The highest BCUT2D eigenvalue weighted by atomic mass is 14.7. The Kier molecular flexibility index (Phi) is 2.42. The smallest absolute Gasteiger partial charge is 0.0378 e. The third-order valence-electron chi connectivity index (χ3n) is 1.63. The molecule has 0 spiro atoms. The second-order valence-electron chi connectivity index (χ2n) is 2.68. The first-order valence-corrected chi connectivity index (χ1v) is 3.80. The van der Waals surface area contributed by atoms with Crippen molar-refractivity contribution in [2.75, 3.05) is 0 Å². The van der Waals surface area contributed by atoms with Gasteiger partial charge in [-0.3, -0.25) is 4.98 Å². The van der Waals surface area contributed by atoms with Crippen molar-refractivity contribution in [1.29, 1.82) is 0 Å². The standard InChI is InChI=1S/C10H13N/c1-4-5-10-6-9(3)11-7-8(10)2/h4-7H,1-3H3/b5-4-. The molecule has 0 radical (unpaired) electrons. The van der Waals surface area contributed by atoms with Crippen LogP contribution in [0.3, 0.4) is 0 Å². The highest BCUT2D eigenvalue weighted by Gasteiger charge is 1.93. The van der Waals surface area contributed by atoms with Gasteiger partial charge < -0.3 is 0 Å². The minimum atomic E-state index is 1.07. The van der Waals surface area contributed by atoms with E-state index in [9.17, 15) is 0 Å². The van der Waals surface area contributed by atoms with Crippen molar-refractivity contribution >= 4 is 6.08 Å². The van der Waals surface area contributed by atoms with Crippen LogP contribution in [0, 0.1) is 13.8 Å². The van der Waals surface area contributed by atoms with Crippen LogP contribution in [-0.2, 0) is 0 Å². The third kappa shape index (κ3) is 1.90. The molecule has 0 fully saturated rings. The van der Waals surface area contributed by atoms with Gasteiger partial charge in [0.25, 0.3) is 0 Å². The average molecular weight is 147 g/mol. The molecule has 0 unspecified atom stereocenters. The summed E-state index contributed by atoms with van der Waals surface area (Å²) >= 11 is 0. The van der Waals surface area contributed by atoms with E-state index in [1.165, 1.54) is 11.1 Å². The molecular weight excluding hydrogens is 134 g/mol. The number of hydrogen-bond donors (Lipinski definition) is 0. The molecule has 1 heterocycles. The van der Waals surface area contributed by atoms with E-state index in [0.717, 1.165) is 5.69 Å². The van der Waals surface area contributed by atoms with Crippen LogP contribution in [0.15, 0.2) is 18.3 Å². The molecule has 0 atom stereocenters. The largest absolute Gasteiger partial charge is 0.261 e. The minimum absolute atomic E-state index is 1.07. The molecule has 0 saturated carbocycles. The summed E-state index contributed by atoms with van der Waals surface area (Å²) in [5.41, 5.74) is 3.57. The molecule has 0 saturated heterocycles. The van der Waals surface area contributed by atoms with Gasteiger partial charge in [-0.05, 0) is 38.0 Å². The van der Waals surface area contributed by atoms with E-state index < -0.39 is 0 Å². The molecule has 1 nitrogen and oxygen atoms in total. The van der Waals surface area contributed by atoms with Gasteiger partial charge in [-0.25, -0.2) is 0 Å². The van der Waals surface area contributed by atoms with E-state index >= 15 is 0 Å². The first-order chi connectivity index (χ1) is 5.24. The van der Waals surface area contributed by atoms with Gasteiger partial charge in [0.05, 0.1) is 0 Å². The van der Waals surface area contributed by atoms with Gasteiger partial charge in [0.1, 0.15) is 0 Å². The Bertz CT molecular complexity index is 274. The minimum Gasteiger partial charge on any atom is -0.261 e. The highest BCUT2D eigenvalue weighted by molar-refractivity contribution is 5.52. The molecule has 1 aromatic heterocycles. The van der Waals surface area contributed by atoms with Crippen LogP contribution in [0.2, 0.25) is 0 Å². The van der Waals surface area contributed by atoms with Crippen molar-refractivity contribution in [2.24, 2.45) is 0 Å². The van der Waals surface area contributed by atoms with Crippen LogP contribution in [0.5, 0.6) is 0 Å². The van der Waals surface area contributed by atoms with Crippen molar-refractivity contribution in [3.8, 4) is 0 Å². The number of rotatable bonds is 1. The molecule has 11 heavy (non-hydrogen) atoms. The van der Waals surface area contributed by atoms with Crippen molar-refractivity contribution in [3.05, 3.63) is 35.2 Å². The molecule has 0 aromatic carbocycles. The maximum atomic E-state index is 4.19. The first-order valence-electron chi connectivity index (χ1n) is 3.80. The number of aryl methyl sites for hydroxylation is 2. The summed E-state index contributed by atoms with van der Waals surface area (Å²) in [5.74, 6) is 0. The molecule has 1 heteroatoms. The van der Waals surface area contributed by atoms with Crippen LogP contribution in [0.4, 0.5) is 0 Å². The lowest BCUT2D eigenvalue weighted by Crippen LogP contribution is -1.85. The van der Waals surface area contributed by atoms with Crippen LogP contribution in [-0.4, -0.2) is 4.98 Å². The van der Waals surface area contributed by atoms with E-state index in [2.05, 4.69) is 24.1 Å². The molecular formula is C10H13N. The van der Waals surface area contributed by atoms with Crippen molar-refractivity contribution in [1.82, 2.24) is 4.98 Å². The topological polar surface area (TPSA) is 12.9 Å². The molecule has 0 N–H and O–H groups in total. The third-order valence-corrected chi connectivity index (χ3v) is 1.63. The van der Waals surface area contributed by atoms with E-state index in [-0.39, 0.29) is 0 Å². The molecule has 0 aliphatic carbocycles. The quantitative estimate of drug-likeness (QED) is 0.595. The van der Waals surface area contributed by atoms with Crippen LogP contribution < -0.4 is 0 Å². The van der Waals surface area contributed by atoms with Crippen molar-refractivity contribution in [3.63, 3.8) is 0 Å². The molecule has 0 bridgehead atoms. The number of allylic oxidation sites excluding steroid dienone is 1. The summed E-state index contributed by atoms with van der Waals surface area (Å²) in [5, 5.41) is 0. The fourth-order valence-corrected chi connectivity index (χ4v) is 1.01. The zero-order valence-electron chi connectivity index (χ0n) is 7.26. The van der Waals surface area contributed by atoms with Gasteiger partial charge in [-0.15, -0.1) is 0 Å². The molecule has 0 amide bonds. The number of aromatic nitrogens is 1. The van der Waals surface area contributed by atoms with E-state index in [4.69, 9.17) is 0 Å². The maximum absolute atomic E-state index is 4.19. The van der Waals surface area contributed by atoms with Crippen LogP contribution >= 0.6 is 0 Å². The highest BCUT2D eigenvalue weighted by Crippen LogP contribution is 2.09. The second-order valence-corrected chi connectivity index (χ2v) is 2.68. The number of pyridine rings is 1. The van der Waals surface area contributed by atoms with Crippen molar-refractivity contribution < 1.29 is 0 Å². The second kappa shape index (κ2) is 3.33. The van der Waals surface area contributed by atoms with E-state index in [0.29, 0.717) is 0 Å². The Hall–Kier alpha value is -1.11. The van der Waals surface area contributed by atoms with Crippen molar-refractivity contribution in [2.45, 2.75) is 20.8 Å². The maximum Gasteiger partial charge on any atom is 0.0378 e. The Labute approximate surface area is 67.8 Å². The zero-order valence-corrected chi connectivity index (χ0v) is 7.26. The van der Waals surface area contributed by atoms with Gasteiger partial charge in [0.15, 0.2) is 0 Å². The molecule has 0 aliphatic heterocycles.